The number of nitrogens with zero attached hydrogens (tertiary/aromatic N) is 5. The van der Waals surface area contributed by atoms with Crippen LogP contribution in [-0.2, 0) is 13.3 Å². The Morgan fingerprint density at radius 2 is 2.13 bits per heavy atom. The van der Waals surface area contributed by atoms with E-state index in [0.29, 0.717) is 6.04 Å². The molecule has 3 rings (SSSR count). The number of rotatable bonds is 8. The number of likely N-dealkylation sites (tertiary alicyclic amines) is 1. The summed E-state index contributed by atoms with van der Waals surface area (Å²) in [6.45, 7) is 7.52. The van der Waals surface area contributed by atoms with Gasteiger partial charge in [0.2, 0.25) is 0 Å². The molecule has 1 aliphatic heterocycles. The van der Waals surface area contributed by atoms with Crippen molar-refractivity contribution in [2.24, 2.45) is 5.92 Å². The molecule has 1 aromatic heterocycles. The number of aliphatic hydroxyl groups excluding tert-OH is 1. The van der Waals surface area contributed by atoms with Crippen LogP contribution >= 0.6 is 12.2 Å². The Morgan fingerprint density at radius 1 is 1.35 bits per heavy atom. The molecule has 0 amide bonds. The highest BCUT2D eigenvalue weighted by Crippen LogP contribution is 2.36. The maximum absolute atomic E-state index is 9.52. The summed E-state index contributed by atoms with van der Waals surface area (Å²) in [5.41, 5.74) is 0. The zero-order chi connectivity index (χ0) is 16.4. The van der Waals surface area contributed by atoms with E-state index < -0.39 is 0 Å². The first-order chi connectivity index (χ1) is 11.1. The summed E-state index contributed by atoms with van der Waals surface area (Å²) >= 11 is 5.58. The third-order valence-electron chi connectivity index (χ3n) is 4.87. The zero-order valence-corrected chi connectivity index (χ0v) is 15.1. The highest BCUT2D eigenvalue weighted by Gasteiger charge is 2.29. The van der Waals surface area contributed by atoms with Crippen molar-refractivity contribution >= 4 is 12.2 Å². The molecule has 6 nitrogen and oxygen atoms in total. The number of aliphatic hydroxyl groups is 1. The quantitative estimate of drug-likeness (QED) is 0.733. The summed E-state index contributed by atoms with van der Waals surface area (Å²) in [7, 11) is 2.22. The maximum Gasteiger partial charge on any atom is 0.199 e. The summed E-state index contributed by atoms with van der Waals surface area (Å²) in [5, 5.41) is 14.1. The molecule has 1 atom stereocenters. The van der Waals surface area contributed by atoms with Crippen LogP contribution in [0.4, 0.5) is 0 Å². The molecule has 0 aromatic carbocycles. The van der Waals surface area contributed by atoms with Gasteiger partial charge in [-0.2, -0.15) is 5.10 Å². The van der Waals surface area contributed by atoms with Crippen LogP contribution in [0.25, 0.3) is 0 Å². The van der Waals surface area contributed by atoms with E-state index in [-0.39, 0.29) is 6.61 Å². The Balaban J connectivity index is 1.59. The number of hydrogen-bond donors (Lipinski definition) is 1. The van der Waals surface area contributed by atoms with Gasteiger partial charge < -0.3 is 10.0 Å². The molecular weight excluding hydrogens is 310 g/mol. The number of aromatic nitrogens is 3. The summed E-state index contributed by atoms with van der Waals surface area (Å²) < 4.78 is 4.72. The van der Waals surface area contributed by atoms with E-state index in [1.807, 2.05) is 4.68 Å². The third kappa shape index (κ3) is 4.02. The first-order valence-electron chi connectivity index (χ1n) is 8.82. The van der Waals surface area contributed by atoms with E-state index in [1.54, 1.807) is 0 Å². The Bertz CT molecular complexity index is 580. The van der Waals surface area contributed by atoms with Gasteiger partial charge >= 0.3 is 0 Å². The van der Waals surface area contributed by atoms with Crippen molar-refractivity contribution in [3.8, 4) is 0 Å². The molecule has 1 aromatic rings. The zero-order valence-electron chi connectivity index (χ0n) is 14.3. The summed E-state index contributed by atoms with van der Waals surface area (Å²) in [6.07, 6.45) is 4.77. The fraction of sp³-hybridized carbons (Fsp3) is 0.875. The lowest BCUT2D eigenvalue weighted by molar-refractivity contribution is 0.223. The van der Waals surface area contributed by atoms with Gasteiger partial charge in [0.25, 0.3) is 0 Å². The molecule has 1 saturated heterocycles. The topological polar surface area (TPSA) is 49.5 Å². The second-order valence-electron chi connectivity index (χ2n) is 7.09. The summed E-state index contributed by atoms with van der Waals surface area (Å²) in [4.78, 5) is 4.87. The van der Waals surface area contributed by atoms with Crippen LogP contribution in [0.2, 0.25) is 0 Å². The maximum atomic E-state index is 9.52. The standard InChI is InChI=1S/C16H29N5OS/c1-3-7-18(2)9-13-6-8-19(10-13)12-20-16(23)21(14-4-5-14)15(11-22)17-20/h13-14,22H,3-12H2,1-2H3. The van der Waals surface area contributed by atoms with E-state index in [2.05, 4.69) is 33.4 Å². The molecule has 130 valence electrons. The van der Waals surface area contributed by atoms with Gasteiger partial charge in [-0.3, -0.25) is 9.47 Å². The predicted molar refractivity (Wildman–Crippen MR) is 92.7 cm³/mol. The van der Waals surface area contributed by atoms with Crippen LogP contribution in [-0.4, -0.2) is 62.5 Å². The molecule has 2 aliphatic rings. The van der Waals surface area contributed by atoms with Crippen molar-refractivity contribution in [3.05, 3.63) is 10.6 Å². The minimum absolute atomic E-state index is 0.0302. The lowest BCUT2D eigenvalue weighted by Crippen LogP contribution is -2.30. The molecule has 23 heavy (non-hydrogen) atoms. The van der Waals surface area contributed by atoms with Crippen molar-refractivity contribution in [2.45, 2.75) is 51.9 Å². The normalized spacial score (nSPS) is 22.3. The van der Waals surface area contributed by atoms with E-state index >= 15 is 0 Å². The van der Waals surface area contributed by atoms with Crippen molar-refractivity contribution in [1.82, 2.24) is 24.1 Å². The van der Waals surface area contributed by atoms with Crippen molar-refractivity contribution < 1.29 is 5.11 Å². The molecule has 2 fully saturated rings. The van der Waals surface area contributed by atoms with Crippen molar-refractivity contribution in [3.63, 3.8) is 0 Å². The lowest BCUT2D eigenvalue weighted by Gasteiger charge is -2.21. The Hall–Kier alpha value is -0.760. The summed E-state index contributed by atoms with van der Waals surface area (Å²) in [5.74, 6) is 1.46. The Labute approximate surface area is 143 Å². The SMILES string of the molecule is CCCN(C)CC1CCN(Cn2nc(CO)n(C3CC3)c2=S)C1. The van der Waals surface area contributed by atoms with Crippen LogP contribution in [0, 0.1) is 10.7 Å². The molecule has 1 aliphatic carbocycles. The molecule has 1 unspecified atom stereocenters. The van der Waals surface area contributed by atoms with E-state index in [1.165, 1.54) is 25.9 Å². The van der Waals surface area contributed by atoms with Gasteiger partial charge in [0.15, 0.2) is 10.6 Å². The molecule has 0 spiro atoms. The van der Waals surface area contributed by atoms with Crippen LogP contribution in [0.5, 0.6) is 0 Å². The average molecular weight is 340 g/mol. The van der Waals surface area contributed by atoms with Gasteiger partial charge in [0, 0.05) is 25.7 Å². The van der Waals surface area contributed by atoms with E-state index in [9.17, 15) is 5.11 Å². The van der Waals surface area contributed by atoms with Crippen molar-refractivity contribution in [1.29, 1.82) is 0 Å². The monoisotopic (exact) mass is 339 g/mol. The minimum atomic E-state index is -0.0302. The molecule has 1 saturated carbocycles. The van der Waals surface area contributed by atoms with Crippen LogP contribution in [0.15, 0.2) is 0 Å². The first-order valence-corrected chi connectivity index (χ1v) is 9.23. The molecule has 7 heteroatoms. The van der Waals surface area contributed by atoms with Crippen LogP contribution < -0.4 is 0 Å². The van der Waals surface area contributed by atoms with Gasteiger partial charge in [0.05, 0.1) is 6.67 Å². The van der Waals surface area contributed by atoms with Crippen LogP contribution in [0.1, 0.15) is 44.5 Å². The van der Waals surface area contributed by atoms with Gasteiger partial charge in [-0.1, -0.05) is 6.92 Å². The molecule has 2 heterocycles. The Morgan fingerprint density at radius 3 is 2.78 bits per heavy atom. The van der Waals surface area contributed by atoms with Gasteiger partial charge in [-0.25, -0.2) is 4.68 Å². The Kier molecular flexibility index (Phi) is 5.51. The highest BCUT2D eigenvalue weighted by atomic mass is 32.1. The van der Waals surface area contributed by atoms with Crippen LogP contribution in [0.3, 0.4) is 0 Å². The van der Waals surface area contributed by atoms with E-state index in [0.717, 1.165) is 49.1 Å². The molecule has 0 radical (unpaired) electrons. The largest absolute Gasteiger partial charge is 0.388 e. The minimum Gasteiger partial charge on any atom is -0.388 e. The fourth-order valence-electron chi connectivity index (χ4n) is 3.66. The lowest BCUT2D eigenvalue weighted by atomic mass is 10.1. The highest BCUT2D eigenvalue weighted by molar-refractivity contribution is 7.71. The second-order valence-corrected chi connectivity index (χ2v) is 7.46. The van der Waals surface area contributed by atoms with Crippen molar-refractivity contribution in [2.75, 3.05) is 33.2 Å². The average Bonchev–Trinajstić information content (AvgIpc) is 3.18. The van der Waals surface area contributed by atoms with Gasteiger partial charge in [0.1, 0.15) is 6.61 Å². The third-order valence-corrected chi connectivity index (χ3v) is 5.28. The number of hydrogen-bond acceptors (Lipinski definition) is 5. The smallest absolute Gasteiger partial charge is 0.199 e. The molecular formula is C16H29N5OS. The van der Waals surface area contributed by atoms with Gasteiger partial charge in [-0.05, 0) is 57.4 Å². The molecule has 0 bridgehead atoms. The first kappa shape index (κ1) is 17.1. The molecule has 1 N–H and O–H groups in total. The van der Waals surface area contributed by atoms with E-state index in [4.69, 9.17) is 12.2 Å². The van der Waals surface area contributed by atoms with Gasteiger partial charge in [-0.15, -0.1) is 0 Å². The summed E-state index contributed by atoms with van der Waals surface area (Å²) in [6, 6.07) is 0.465. The second kappa shape index (κ2) is 7.42. The predicted octanol–water partition coefficient (Wildman–Crippen LogP) is 1.86. The fourth-order valence-corrected chi connectivity index (χ4v) is 4.01.